The summed E-state index contributed by atoms with van der Waals surface area (Å²) in [6.07, 6.45) is 3.18. The van der Waals surface area contributed by atoms with Crippen molar-refractivity contribution in [1.82, 2.24) is 20.1 Å². The van der Waals surface area contributed by atoms with Gasteiger partial charge in [0, 0.05) is 25.4 Å². The van der Waals surface area contributed by atoms with E-state index in [1.807, 2.05) is 19.1 Å². The van der Waals surface area contributed by atoms with E-state index < -0.39 is 0 Å². The molecule has 0 aliphatic heterocycles. The van der Waals surface area contributed by atoms with Crippen molar-refractivity contribution in [2.75, 3.05) is 6.61 Å². The molecule has 0 spiro atoms. The number of carbonyl (C=O) groups is 1. The Balaban J connectivity index is 2.05. The number of carbonyl (C=O) groups excluding carboxylic acids is 1. The SMILES string of the molecule is CCOc1ncccc1CNC(=O)c1cnn(C)c1Br. The summed E-state index contributed by atoms with van der Waals surface area (Å²) in [4.78, 5) is 16.2. The molecule has 7 heteroatoms. The van der Waals surface area contributed by atoms with Crippen molar-refractivity contribution in [3.63, 3.8) is 0 Å². The number of nitrogens with one attached hydrogen (secondary N) is 1. The van der Waals surface area contributed by atoms with Gasteiger partial charge in [-0.15, -0.1) is 0 Å². The Kier molecular flexibility index (Phi) is 4.73. The number of hydrogen-bond acceptors (Lipinski definition) is 4. The summed E-state index contributed by atoms with van der Waals surface area (Å²) in [6.45, 7) is 2.78. The van der Waals surface area contributed by atoms with Gasteiger partial charge in [0.2, 0.25) is 5.88 Å². The zero-order valence-electron chi connectivity index (χ0n) is 11.3. The molecule has 0 unspecified atom stereocenters. The highest BCUT2D eigenvalue weighted by Crippen LogP contribution is 2.16. The molecule has 0 fully saturated rings. The quantitative estimate of drug-likeness (QED) is 0.904. The summed E-state index contributed by atoms with van der Waals surface area (Å²) >= 11 is 3.32. The molecule has 0 aliphatic carbocycles. The molecule has 2 aromatic heterocycles. The number of nitrogens with zero attached hydrogens (tertiary/aromatic N) is 3. The van der Waals surface area contributed by atoms with Gasteiger partial charge in [-0.3, -0.25) is 9.48 Å². The highest BCUT2D eigenvalue weighted by Gasteiger charge is 2.14. The van der Waals surface area contributed by atoms with E-state index in [2.05, 4.69) is 31.3 Å². The summed E-state index contributed by atoms with van der Waals surface area (Å²) in [7, 11) is 1.76. The molecule has 0 aromatic carbocycles. The Morgan fingerprint density at radius 1 is 1.55 bits per heavy atom. The van der Waals surface area contributed by atoms with Crippen LogP contribution in [0.1, 0.15) is 22.8 Å². The van der Waals surface area contributed by atoms with Gasteiger partial charge in [0.25, 0.3) is 5.91 Å². The standard InChI is InChI=1S/C13H15BrN4O2/c1-3-20-13-9(5-4-6-15-13)7-16-12(19)10-8-17-18(2)11(10)14/h4-6,8H,3,7H2,1-2H3,(H,16,19). The van der Waals surface area contributed by atoms with E-state index in [0.717, 1.165) is 5.56 Å². The maximum atomic E-state index is 12.1. The van der Waals surface area contributed by atoms with Crippen molar-refractivity contribution >= 4 is 21.8 Å². The molecule has 1 amide bonds. The van der Waals surface area contributed by atoms with Crippen LogP contribution < -0.4 is 10.1 Å². The maximum Gasteiger partial charge on any atom is 0.255 e. The van der Waals surface area contributed by atoms with Gasteiger partial charge in [-0.05, 0) is 28.9 Å². The lowest BCUT2D eigenvalue weighted by Gasteiger charge is -2.09. The van der Waals surface area contributed by atoms with Crippen molar-refractivity contribution < 1.29 is 9.53 Å². The second kappa shape index (κ2) is 6.51. The minimum Gasteiger partial charge on any atom is -0.478 e. The fraction of sp³-hybridized carbons (Fsp3) is 0.308. The molecule has 6 nitrogen and oxygen atoms in total. The predicted octanol–water partition coefficient (Wildman–Crippen LogP) is 1.91. The Hall–Kier alpha value is -1.89. The normalized spacial score (nSPS) is 10.3. The van der Waals surface area contributed by atoms with Crippen molar-refractivity contribution in [3.8, 4) is 5.88 Å². The highest BCUT2D eigenvalue weighted by molar-refractivity contribution is 9.10. The Morgan fingerprint density at radius 3 is 3.00 bits per heavy atom. The lowest BCUT2D eigenvalue weighted by molar-refractivity contribution is 0.0949. The lowest BCUT2D eigenvalue weighted by Crippen LogP contribution is -2.23. The Labute approximate surface area is 125 Å². The molecule has 2 aromatic rings. The van der Waals surface area contributed by atoms with Crippen LogP contribution in [-0.4, -0.2) is 27.3 Å². The molecule has 0 aliphatic rings. The molecular formula is C13H15BrN4O2. The van der Waals surface area contributed by atoms with Gasteiger partial charge in [-0.25, -0.2) is 4.98 Å². The molecule has 0 bridgehead atoms. The number of amides is 1. The second-order valence-corrected chi connectivity index (χ2v) is 4.81. The minimum absolute atomic E-state index is 0.198. The molecule has 0 atom stereocenters. The molecule has 0 saturated carbocycles. The van der Waals surface area contributed by atoms with Gasteiger partial charge in [0.15, 0.2) is 0 Å². The third kappa shape index (κ3) is 3.16. The van der Waals surface area contributed by atoms with E-state index in [0.29, 0.717) is 29.2 Å². The van der Waals surface area contributed by atoms with E-state index in [1.54, 1.807) is 17.9 Å². The first-order valence-electron chi connectivity index (χ1n) is 6.15. The average Bonchev–Trinajstić information content (AvgIpc) is 2.78. The first-order chi connectivity index (χ1) is 9.63. The molecule has 20 heavy (non-hydrogen) atoms. The molecule has 2 heterocycles. The van der Waals surface area contributed by atoms with E-state index in [9.17, 15) is 4.79 Å². The Morgan fingerprint density at radius 2 is 2.35 bits per heavy atom. The van der Waals surface area contributed by atoms with Gasteiger partial charge >= 0.3 is 0 Å². The first-order valence-corrected chi connectivity index (χ1v) is 6.95. The molecule has 1 N–H and O–H groups in total. The summed E-state index contributed by atoms with van der Waals surface area (Å²) in [5, 5.41) is 6.84. The van der Waals surface area contributed by atoms with Crippen LogP contribution in [0.4, 0.5) is 0 Å². The predicted molar refractivity (Wildman–Crippen MR) is 77.5 cm³/mol. The van der Waals surface area contributed by atoms with E-state index in [-0.39, 0.29) is 5.91 Å². The van der Waals surface area contributed by atoms with E-state index >= 15 is 0 Å². The molecular weight excluding hydrogens is 324 g/mol. The second-order valence-electron chi connectivity index (χ2n) is 4.06. The molecule has 0 saturated heterocycles. The van der Waals surface area contributed by atoms with Crippen molar-refractivity contribution in [3.05, 3.63) is 40.3 Å². The number of hydrogen-bond donors (Lipinski definition) is 1. The van der Waals surface area contributed by atoms with Crippen LogP contribution in [0.3, 0.4) is 0 Å². The van der Waals surface area contributed by atoms with Crippen LogP contribution in [0.25, 0.3) is 0 Å². The topological polar surface area (TPSA) is 69.0 Å². The zero-order chi connectivity index (χ0) is 14.5. The summed E-state index contributed by atoms with van der Waals surface area (Å²) in [5.41, 5.74) is 1.33. The van der Waals surface area contributed by atoms with Crippen LogP contribution in [0.5, 0.6) is 5.88 Å². The molecule has 2 rings (SSSR count). The van der Waals surface area contributed by atoms with Crippen molar-refractivity contribution in [2.45, 2.75) is 13.5 Å². The number of rotatable bonds is 5. The number of ether oxygens (including phenoxy) is 1. The fourth-order valence-corrected chi connectivity index (χ4v) is 2.04. The smallest absolute Gasteiger partial charge is 0.255 e. The summed E-state index contributed by atoms with van der Waals surface area (Å²) in [5.74, 6) is 0.344. The van der Waals surface area contributed by atoms with Crippen LogP contribution in [0, 0.1) is 0 Å². The van der Waals surface area contributed by atoms with Gasteiger partial charge in [0.05, 0.1) is 18.4 Å². The molecule has 0 radical (unpaired) electrons. The van der Waals surface area contributed by atoms with E-state index in [1.165, 1.54) is 6.20 Å². The number of pyridine rings is 1. The van der Waals surface area contributed by atoms with Crippen molar-refractivity contribution in [2.24, 2.45) is 7.05 Å². The third-order valence-corrected chi connectivity index (χ3v) is 3.62. The first kappa shape index (κ1) is 14.5. The van der Waals surface area contributed by atoms with Gasteiger partial charge in [0.1, 0.15) is 4.60 Å². The van der Waals surface area contributed by atoms with Gasteiger partial charge < -0.3 is 10.1 Å². The molecule has 106 valence electrons. The van der Waals surface area contributed by atoms with Crippen LogP contribution in [-0.2, 0) is 13.6 Å². The largest absolute Gasteiger partial charge is 0.478 e. The number of aryl methyl sites for hydroxylation is 1. The lowest BCUT2D eigenvalue weighted by atomic mass is 10.2. The third-order valence-electron chi connectivity index (χ3n) is 2.68. The monoisotopic (exact) mass is 338 g/mol. The summed E-state index contributed by atoms with van der Waals surface area (Å²) in [6, 6.07) is 3.68. The van der Waals surface area contributed by atoms with E-state index in [4.69, 9.17) is 4.74 Å². The summed E-state index contributed by atoms with van der Waals surface area (Å²) < 4.78 is 7.65. The Bertz CT molecular complexity index is 612. The fourth-order valence-electron chi connectivity index (χ4n) is 1.67. The zero-order valence-corrected chi connectivity index (χ0v) is 12.8. The number of halogens is 1. The average molecular weight is 339 g/mol. The maximum absolute atomic E-state index is 12.1. The van der Waals surface area contributed by atoms with Crippen molar-refractivity contribution in [1.29, 1.82) is 0 Å². The minimum atomic E-state index is -0.198. The van der Waals surface area contributed by atoms with Crippen LogP contribution >= 0.6 is 15.9 Å². The highest BCUT2D eigenvalue weighted by atomic mass is 79.9. The van der Waals surface area contributed by atoms with Gasteiger partial charge in [-0.2, -0.15) is 5.10 Å². The van der Waals surface area contributed by atoms with Crippen LogP contribution in [0.15, 0.2) is 29.1 Å². The number of aromatic nitrogens is 3. The van der Waals surface area contributed by atoms with Gasteiger partial charge in [-0.1, -0.05) is 6.07 Å². The van der Waals surface area contributed by atoms with Crippen LogP contribution in [0.2, 0.25) is 0 Å².